The molecular formula is C24H29N5O6S2. The summed E-state index contributed by atoms with van der Waals surface area (Å²) in [5.74, 6) is -1.63. The van der Waals surface area contributed by atoms with E-state index < -0.39 is 40.0 Å². The number of Topliss-reactive ketones (excluding diaryl/α,β-unsaturated/α-hetero) is 1. The first kappa shape index (κ1) is 26.9. The lowest BCUT2D eigenvalue weighted by atomic mass is 9.92. The van der Waals surface area contributed by atoms with Crippen molar-refractivity contribution in [3.63, 3.8) is 0 Å². The van der Waals surface area contributed by atoms with Crippen molar-refractivity contribution in [3.8, 4) is 5.69 Å². The molecule has 2 aromatic heterocycles. The third-order valence-electron chi connectivity index (χ3n) is 6.29. The number of thiazole rings is 1. The van der Waals surface area contributed by atoms with Gasteiger partial charge in [-0.1, -0.05) is 19.1 Å². The van der Waals surface area contributed by atoms with Crippen LogP contribution in [-0.2, 0) is 19.6 Å². The highest BCUT2D eigenvalue weighted by molar-refractivity contribution is 7.92. The maximum absolute atomic E-state index is 13.0. The fraction of sp³-hybridized carbons (Fsp3) is 0.417. The van der Waals surface area contributed by atoms with Crippen molar-refractivity contribution in [1.29, 1.82) is 0 Å². The number of likely N-dealkylation sites (tertiary alicyclic amines) is 1. The Balaban J connectivity index is 1.37. The largest absolute Gasteiger partial charge is 0.382 e. The number of carbonyl (C=O) groups is 2. The molecule has 0 bridgehead atoms. The zero-order chi connectivity index (χ0) is 26.7. The van der Waals surface area contributed by atoms with Crippen LogP contribution < -0.4 is 4.72 Å². The Morgan fingerprint density at radius 3 is 2.59 bits per heavy atom. The average Bonchev–Trinajstić information content (AvgIpc) is 3.63. The average molecular weight is 548 g/mol. The molecule has 0 saturated carbocycles. The van der Waals surface area contributed by atoms with Gasteiger partial charge in [0.2, 0.25) is 10.0 Å². The molecule has 0 aliphatic carbocycles. The maximum Gasteiger partial charge on any atom is 0.255 e. The van der Waals surface area contributed by atoms with Gasteiger partial charge in [-0.05, 0) is 42.5 Å². The van der Waals surface area contributed by atoms with Crippen molar-refractivity contribution in [2.75, 3.05) is 17.5 Å². The van der Waals surface area contributed by atoms with Crippen molar-refractivity contribution < 1.29 is 28.2 Å². The summed E-state index contributed by atoms with van der Waals surface area (Å²) in [5.41, 5.74) is 2.23. The minimum Gasteiger partial charge on any atom is -0.382 e. The van der Waals surface area contributed by atoms with Gasteiger partial charge in [-0.2, -0.15) is 5.10 Å². The van der Waals surface area contributed by atoms with Crippen molar-refractivity contribution in [3.05, 3.63) is 59.4 Å². The van der Waals surface area contributed by atoms with Crippen LogP contribution in [0.2, 0.25) is 0 Å². The van der Waals surface area contributed by atoms with Crippen LogP contribution in [0.1, 0.15) is 49.4 Å². The second-order valence-electron chi connectivity index (χ2n) is 9.14. The number of nitrogens with zero attached hydrogens (tertiary/aromatic N) is 4. The van der Waals surface area contributed by atoms with E-state index >= 15 is 0 Å². The van der Waals surface area contributed by atoms with E-state index in [1.807, 2.05) is 43.5 Å². The second-order valence-corrected chi connectivity index (χ2v) is 11.8. The van der Waals surface area contributed by atoms with Gasteiger partial charge in [-0.25, -0.2) is 18.1 Å². The molecule has 1 amide bonds. The number of ketones is 1. The zero-order valence-electron chi connectivity index (χ0n) is 20.4. The van der Waals surface area contributed by atoms with E-state index in [1.54, 1.807) is 16.3 Å². The number of carbonyl (C=O) groups excluding carboxylic acids is 2. The first-order valence-corrected chi connectivity index (χ1v) is 14.5. The third kappa shape index (κ3) is 6.42. The number of benzene rings is 1. The minimum absolute atomic E-state index is 0.0529. The van der Waals surface area contributed by atoms with Gasteiger partial charge < -0.3 is 15.1 Å². The van der Waals surface area contributed by atoms with Gasteiger partial charge in [0.05, 0.1) is 23.7 Å². The Kier molecular flexibility index (Phi) is 8.07. The topological polar surface area (TPSA) is 155 Å². The molecule has 0 unspecified atom stereocenters. The van der Waals surface area contributed by atoms with E-state index in [2.05, 4.69) is 14.8 Å². The van der Waals surface area contributed by atoms with Crippen LogP contribution in [0, 0.1) is 0 Å². The Bertz CT molecular complexity index is 1340. The molecule has 1 aliphatic rings. The maximum atomic E-state index is 13.0. The van der Waals surface area contributed by atoms with E-state index in [-0.39, 0.29) is 17.5 Å². The molecule has 13 heteroatoms. The third-order valence-corrected chi connectivity index (χ3v) is 7.76. The molecular weight excluding hydrogens is 518 g/mol. The number of rotatable bonds is 10. The van der Waals surface area contributed by atoms with Gasteiger partial charge in [-0.15, -0.1) is 11.3 Å². The van der Waals surface area contributed by atoms with Crippen LogP contribution in [0.25, 0.3) is 5.69 Å². The number of sulfonamides is 1. The summed E-state index contributed by atoms with van der Waals surface area (Å²) >= 11 is 1.09. The Morgan fingerprint density at radius 1 is 1.22 bits per heavy atom. The second kappa shape index (κ2) is 11.1. The SMILES string of the molecule is C[C@@H](CC(=O)[C@H](O)[C@@H](O)C(=O)N1CCC[C@@H]1c1csc(NS(C)(=O)=O)n1)c1ccc(-n2cccn2)cc1. The highest BCUT2D eigenvalue weighted by Gasteiger charge is 2.39. The summed E-state index contributed by atoms with van der Waals surface area (Å²) in [6.07, 6.45) is 1.90. The number of aliphatic hydroxyl groups excluding tert-OH is 2. The molecule has 0 radical (unpaired) electrons. The number of nitrogens with one attached hydrogen (secondary N) is 1. The number of aliphatic hydroxyl groups is 2. The summed E-state index contributed by atoms with van der Waals surface area (Å²) in [5, 5.41) is 27.1. The summed E-state index contributed by atoms with van der Waals surface area (Å²) < 4.78 is 26.9. The zero-order valence-corrected chi connectivity index (χ0v) is 22.0. The van der Waals surface area contributed by atoms with Gasteiger partial charge in [0.25, 0.3) is 5.91 Å². The highest BCUT2D eigenvalue weighted by Crippen LogP contribution is 2.34. The number of anilines is 1. The van der Waals surface area contributed by atoms with Gasteiger partial charge in [-0.3, -0.25) is 14.3 Å². The van der Waals surface area contributed by atoms with E-state index in [0.29, 0.717) is 25.1 Å². The monoisotopic (exact) mass is 547 g/mol. The summed E-state index contributed by atoms with van der Waals surface area (Å²) in [6.45, 7) is 2.16. The van der Waals surface area contributed by atoms with E-state index in [1.165, 1.54) is 4.90 Å². The van der Waals surface area contributed by atoms with Gasteiger partial charge >= 0.3 is 0 Å². The molecule has 3 heterocycles. The van der Waals surface area contributed by atoms with Crippen LogP contribution in [0.5, 0.6) is 0 Å². The normalized spacial score (nSPS) is 18.4. The molecule has 4 atom stereocenters. The van der Waals surface area contributed by atoms with Crippen molar-refractivity contribution >= 4 is 38.2 Å². The Hall–Kier alpha value is -3.13. The van der Waals surface area contributed by atoms with Gasteiger partial charge in [0, 0.05) is 30.7 Å². The number of hydrogen-bond acceptors (Lipinski definition) is 9. The molecule has 11 nitrogen and oxygen atoms in total. The Morgan fingerprint density at radius 2 is 1.95 bits per heavy atom. The van der Waals surface area contributed by atoms with Gasteiger partial charge in [0.15, 0.2) is 17.0 Å². The van der Waals surface area contributed by atoms with Crippen molar-refractivity contribution in [2.45, 2.75) is 50.4 Å². The highest BCUT2D eigenvalue weighted by atomic mass is 32.2. The Labute approximate surface area is 218 Å². The summed E-state index contributed by atoms with van der Waals surface area (Å²) in [4.78, 5) is 31.4. The van der Waals surface area contributed by atoms with Crippen LogP contribution >= 0.6 is 11.3 Å². The number of aromatic nitrogens is 3. The molecule has 1 aromatic carbocycles. The molecule has 4 rings (SSSR count). The molecule has 1 aliphatic heterocycles. The van der Waals surface area contributed by atoms with Crippen LogP contribution in [-0.4, -0.2) is 75.0 Å². The van der Waals surface area contributed by atoms with Crippen LogP contribution in [0.4, 0.5) is 5.13 Å². The molecule has 3 aromatic rings. The van der Waals surface area contributed by atoms with Crippen molar-refractivity contribution in [1.82, 2.24) is 19.7 Å². The summed E-state index contributed by atoms with van der Waals surface area (Å²) in [6, 6.07) is 8.83. The summed E-state index contributed by atoms with van der Waals surface area (Å²) in [7, 11) is -3.49. The molecule has 3 N–H and O–H groups in total. The minimum atomic E-state index is -3.49. The first-order valence-electron chi connectivity index (χ1n) is 11.8. The van der Waals surface area contributed by atoms with Crippen LogP contribution in [0.3, 0.4) is 0 Å². The predicted molar refractivity (Wildman–Crippen MR) is 138 cm³/mol. The van der Waals surface area contributed by atoms with Crippen molar-refractivity contribution in [2.24, 2.45) is 0 Å². The number of hydrogen-bond donors (Lipinski definition) is 3. The molecule has 1 fully saturated rings. The number of amides is 1. The molecule has 0 spiro atoms. The fourth-order valence-corrected chi connectivity index (χ4v) is 5.99. The predicted octanol–water partition coefficient (Wildman–Crippen LogP) is 1.85. The molecule has 1 saturated heterocycles. The lowest BCUT2D eigenvalue weighted by Gasteiger charge is -2.27. The lowest BCUT2D eigenvalue weighted by molar-refractivity contribution is -0.153. The molecule has 198 valence electrons. The smallest absolute Gasteiger partial charge is 0.255 e. The van der Waals surface area contributed by atoms with E-state index in [0.717, 1.165) is 28.8 Å². The standard InChI is InChI=1S/C24H29N5O6S2/c1-15(16-6-8-17(9-7-16)29-12-4-10-25-29)13-20(30)21(31)22(32)23(33)28-11-3-5-19(28)18-14-36-24(26-18)27-37(2,34)35/h4,6-10,12,14-15,19,21-22,31-32H,3,5,11,13H2,1-2H3,(H,26,27)/t15-,19+,21-,22+/m0/s1. The van der Waals surface area contributed by atoms with Crippen LogP contribution in [0.15, 0.2) is 48.1 Å². The fourth-order valence-electron chi connectivity index (χ4n) is 4.38. The first-order chi connectivity index (χ1) is 17.5. The van der Waals surface area contributed by atoms with Gasteiger partial charge in [0.1, 0.15) is 6.10 Å². The quantitative estimate of drug-likeness (QED) is 0.347. The lowest BCUT2D eigenvalue weighted by Crippen LogP contribution is -2.47. The van der Waals surface area contributed by atoms with E-state index in [4.69, 9.17) is 0 Å². The van der Waals surface area contributed by atoms with E-state index in [9.17, 15) is 28.2 Å². The molecule has 37 heavy (non-hydrogen) atoms.